The van der Waals surface area contributed by atoms with Gasteiger partial charge in [-0.25, -0.2) is 4.98 Å². The number of imidazole rings is 1. The third-order valence-electron chi connectivity index (χ3n) is 4.50. The van der Waals surface area contributed by atoms with Crippen molar-refractivity contribution in [2.24, 2.45) is 11.7 Å². The summed E-state index contributed by atoms with van der Waals surface area (Å²) in [4.78, 5) is 33.8. The maximum Gasteiger partial charge on any atom is 0.240 e. The molecular weight excluding hydrogens is 384 g/mol. The van der Waals surface area contributed by atoms with Gasteiger partial charge in [-0.1, -0.05) is 41.9 Å². The van der Waals surface area contributed by atoms with Crippen LogP contribution in [0.15, 0.2) is 34.9 Å². The largest absolute Gasteiger partial charge is 0.340 e. The van der Waals surface area contributed by atoms with E-state index in [-0.39, 0.29) is 36.6 Å². The van der Waals surface area contributed by atoms with Crippen LogP contribution in [0.5, 0.6) is 0 Å². The molecule has 2 heterocycles. The van der Waals surface area contributed by atoms with E-state index in [1.165, 1.54) is 0 Å². The van der Waals surface area contributed by atoms with Crippen molar-refractivity contribution in [3.8, 4) is 11.3 Å². The molecule has 7 heteroatoms. The number of H-pyrrole nitrogens is 1. The van der Waals surface area contributed by atoms with Gasteiger partial charge >= 0.3 is 0 Å². The van der Waals surface area contributed by atoms with Gasteiger partial charge in [0.25, 0.3) is 0 Å². The van der Waals surface area contributed by atoms with Crippen molar-refractivity contribution in [3.63, 3.8) is 0 Å². The lowest BCUT2D eigenvalue weighted by molar-refractivity contribution is -0.135. The second-order valence-corrected chi connectivity index (χ2v) is 7.60. The summed E-state index contributed by atoms with van der Waals surface area (Å²) in [6.45, 7) is 3.89. The first-order valence-electron chi connectivity index (χ1n) is 8.25. The van der Waals surface area contributed by atoms with Crippen molar-refractivity contribution in [1.82, 2.24) is 14.9 Å². The van der Waals surface area contributed by atoms with E-state index in [2.05, 4.69) is 25.9 Å². The number of carbonyl (C=O) groups is 2. The molecule has 1 amide bonds. The first kappa shape index (κ1) is 17.8. The van der Waals surface area contributed by atoms with Crippen molar-refractivity contribution in [2.75, 3.05) is 6.54 Å². The molecule has 1 saturated heterocycles. The molecule has 1 aromatic heterocycles. The molecule has 0 bridgehead atoms. The summed E-state index contributed by atoms with van der Waals surface area (Å²) in [6.07, 6.45) is 2.00. The van der Waals surface area contributed by atoms with Gasteiger partial charge in [0.2, 0.25) is 5.91 Å². The predicted octanol–water partition coefficient (Wildman–Crippen LogP) is 2.67. The van der Waals surface area contributed by atoms with Crippen LogP contribution in [0, 0.1) is 5.92 Å². The number of Topliss-reactive ketones (excluding diaryl/α,β-unsaturated/α-hetero) is 1. The van der Waals surface area contributed by atoms with Crippen LogP contribution in [0.3, 0.4) is 0 Å². The quantitative estimate of drug-likeness (QED) is 0.818. The lowest BCUT2D eigenvalue weighted by atomic mass is 10.0. The van der Waals surface area contributed by atoms with Crippen LogP contribution in [-0.4, -0.2) is 39.1 Å². The Bertz CT molecular complexity index is 785. The molecule has 0 saturated carbocycles. The summed E-state index contributed by atoms with van der Waals surface area (Å²) < 4.78 is 0.997. The molecule has 1 aliphatic rings. The van der Waals surface area contributed by atoms with E-state index >= 15 is 0 Å². The monoisotopic (exact) mass is 404 g/mol. The topological polar surface area (TPSA) is 92.1 Å². The highest BCUT2D eigenvalue weighted by atomic mass is 79.9. The third kappa shape index (κ3) is 3.67. The maximum absolute atomic E-state index is 12.6. The first-order chi connectivity index (χ1) is 11.9. The Balaban J connectivity index is 1.86. The summed E-state index contributed by atoms with van der Waals surface area (Å²) in [7, 11) is 0. The highest BCUT2D eigenvalue weighted by Gasteiger charge is 2.39. The molecule has 2 unspecified atom stereocenters. The van der Waals surface area contributed by atoms with Crippen LogP contribution in [0.2, 0.25) is 0 Å². The maximum atomic E-state index is 12.6. The molecule has 3 N–H and O–H groups in total. The smallest absolute Gasteiger partial charge is 0.240 e. The first-order valence-corrected chi connectivity index (χ1v) is 9.04. The number of carbonyl (C=O) groups excluding carboxylic acids is 2. The molecule has 1 aliphatic heterocycles. The fraction of sp³-hybridized carbons (Fsp3) is 0.389. The molecule has 6 nitrogen and oxygen atoms in total. The molecule has 3 rings (SSSR count). The molecule has 2 aromatic rings. The minimum Gasteiger partial charge on any atom is -0.340 e. The molecular formula is C18H21BrN4O2. The number of halogens is 1. The van der Waals surface area contributed by atoms with Crippen molar-refractivity contribution >= 4 is 27.6 Å². The summed E-state index contributed by atoms with van der Waals surface area (Å²) in [6, 6.07) is 6.85. The molecule has 2 atom stereocenters. The van der Waals surface area contributed by atoms with Crippen LogP contribution >= 0.6 is 15.9 Å². The fourth-order valence-corrected chi connectivity index (χ4v) is 3.19. The highest BCUT2D eigenvalue weighted by Crippen LogP contribution is 2.31. The number of amides is 1. The minimum absolute atomic E-state index is 0.0128. The van der Waals surface area contributed by atoms with Crippen molar-refractivity contribution in [2.45, 2.75) is 32.4 Å². The van der Waals surface area contributed by atoms with E-state index in [9.17, 15) is 9.59 Å². The van der Waals surface area contributed by atoms with E-state index < -0.39 is 6.04 Å². The number of nitrogens with two attached hydrogens (primary N) is 1. The molecule has 0 radical (unpaired) electrons. The van der Waals surface area contributed by atoms with Gasteiger partial charge in [0, 0.05) is 10.9 Å². The van der Waals surface area contributed by atoms with Gasteiger partial charge in [-0.05, 0) is 23.6 Å². The summed E-state index contributed by atoms with van der Waals surface area (Å²) in [5, 5.41) is 0. The molecule has 0 aliphatic carbocycles. The van der Waals surface area contributed by atoms with Crippen LogP contribution in [-0.2, 0) is 9.59 Å². The van der Waals surface area contributed by atoms with Crippen LogP contribution in [0.1, 0.15) is 32.1 Å². The average Bonchev–Trinajstić information content (AvgIpc) is 3.20. The lowest BCUT2D eigenvalue weighted by Gasteiger charge is -2.26. The van der Waals surface area contributed by atoms with Crippen LogP contribution in [0.25, 0.3) is 11.3 Å². The standard InChI is InChI=1S/C18H21BrN4O2/c1-10(2)16(20)18(25)23-9-13(24)7-15(23)17-21-8-14(22-17)11-3-5-12(19)6-4-11/h3-6,8,10,15-16H,7,9,20H2,1-2H3,(H,21,22). The Hall–Kier alpha value is -1.99. The van der Waals surface area contributed by atoms with Gasteiger partial charge in [-0.2, -0.15) is 0 Å². The molecule has 1 fully saturated rings. The molecule has 25 heavy (non-hydrogen) atoms. The number of ketones is 1. The van der Waals surface area contributed by atoms with Crippen molar-refractivity contribution < 1.29 is 9.59 Å². The Morgan fingerprint density at radius 2 is 2.04 bits per heavy atom. The van der Waals surface area contributed by atoms with Crippen LogP contribution < -0.4 is 5.73 Å². The Kier molecular flexibility index (Phi) is 5.06. The number of nitrogens with one attached hydrogen (secondary N) is 1. The molecule has 0 spiro atoms. The van der Waals surface area contributed by atoms with Gasteiger partial charge in [0.15, 0.2) is 5.78 Å². The van der Waals surface area contributed by atoms with Gasteiger partial charge < -0.3 is 15.6 Å². The van der Waals surface area contributed by atoms with E-state index in [1.54, 1.807) is 11.1 Å². The highest BCUT2D eigenvalue weighted by molar-refractivity contribution is 9.10. The SMILES string of the molecule is CC(C)C(N)C(=O)N1CC(=O)CC1c1ncc(-c2ccc(Br)cc2)[nH]1. The minimum atomic E-state index is -0.616. The summed E-state index contributed by atoms with van der Waals surface area (Å²) >= 11 is 3.41. The van der Waals surface area contributed by atoms with E-state index in [4.69, 9.17) is 5.73 Å². The van der Waals surface area contributed by atoms with E-state index in [0.717, 1.165) is 15.7 Å². The Morgan fingerprint density at radius 3 is 2.68 bits per heavy atom. The van der Waals surface area contributed by atoms with Gasteiger partial charge in [0.1, 0.15) is 5.82 Å². The zero-order valence-corrected chi connectivity index (χ0v) is 15.8. The predicted molar refractivity (Wildman–Crippen MR) is 98.6 cm³/mol. The number of likely N-dealkylation sites (tertiary alicyclic amines) is 1. The normalized spacial score (nSPS) is 18.8. The molecule has 132 valence electrons. The van der Waals surface area contributed by atoms with Crippen LogP contribution in [0.4, 0.5) is 0 Å². The fourth-order valence-electron chi connectivity index (χ4n) is 2.93. The summed E-state index contributed by atoms with van der Waals surface area (Å²) in [5.41, 5.74) is 7.84. The number of hydrogen-bond acceptors (Lipinski definition) is 4. The van der Waals surface area contributed by atoms with Gasteiger partial charge in [0.05, 0.1) is 30.5 Å². The lowest BCUT2D eigenvalue weighted by Crippen LogP contribution is -2.46. The number of aromatic nitrogens is 2. The number of hydrogen-bond donors (Lipinski definition) is 2. The third-order valence-corrected chi connectivity index (χ3v) is 5.03. The second-order valence-electron chi connectivity index (χ2n) is 6.68. The Morgan fingerprint density at radius 1 is 1.36 bits per heavy atom. The van der Waals surface area contributed by atoms with Gasteiger partial charge in [-0.3, -0.25) is 9.59 Å². The van der Waals surface area contributed by atoms with E-state index in [1.807, 2.05) is 38.1 Å². The van der Waals surface area contributed by atoms with Gasteiger partial charge in [-0.15, -0.1) is 0 Å². The second kappa shape index (κ2) is 7.09. The van der Waals surface area contributed by atoms with Crippen molar-refractivity contribution in [3.05, 3.63) is 40.8 Å². The molecule has 1 aromatic carbocycles. The summed E-state index contributed by atoms with van der Waals surface area (Å²) in [5.74, 6) is 0.454. The van der Waals surface area contributed by atoms with Crippen molar-refractivity contribution in [1.29, 1.82) is 0 Å². The zero-order valence-electron chi connectivity index (χ0n) is 14.2. The number of aromatic amines is 1. The number of nitrogens with zero attached hydrogens (tertiary/aromatic N) is 2. The van der Waals surface area contributed by atoms with E-state index in [0.29, 0.717) is 5.82 Å². The average molecular weight is 405 g/mol. The number of rotatable bonds is 4. The zero-order chi connectivity index (χ0) is 18.1. The Labute approximate surface area is 154 Å². The number of benzene rings is 1.